The molecule has 0 spiro atoms. The highest BCUT2D eigenvalue weighted by Crippen LogP contribution is 2.36. The lowest BCUT2D eigenvalue weighted by Crippen LogP contribution is -2.18. The number of nitrogens with one attached hydrogen (secondary N) is 1. The van der Waals surface area contributed by atoms with E-state index in [9.17, 15) is 4.79 Å². The Morgan fingerprint density at radius 2 is 1.90 bits per heavy atom. The van der Waals surface area contributed by atoms with Gasteiger partial charge in [0, 0.05) is 23.7 Å². The molecule has 0 saturated carbocycles. The largest absolute Gasteiger partial charge is 0.339 e. The van der Waals surface area contributed by atoms with Crippen molar-refractivity contribution in [3.8, 4) is 0 Å². The van der Waals surface area contributed by atoms with Crippen LogP contribution in [0.4, 0.5) is 17.1 Å². The molecule has 0 aliphatic carbocycles. The summed E-state index contributed by atoms with van der Waals surface area (Å²) in [7, 11) is 0. The Kier molecular flexibility index (Phi) is 3.36. The number of benzene rings is 2. The molecule has 0 unspecified atom stereocenters. The maximum Gasteiger partial charge on any atom is 0.226 e. The Balaban J connectivity index is 2.08. The van der Waals surface area contributed by atoms with Crippen LogP contribution < -0.4 is 10.2 Å². The number of hydrogen-bond acceptors (Lipinski definition) is 2. The molecule has 0 saturated heterocycles. The summed E-state index contributed by atoms with van der Waals surface area (Å²) in [6.07, 6.45) is 0.459. The molecule has 1 heterocycles. The molecule has 4 heteroatoms. The van der Waals surface area contributed by atoms with E-state index in [-0.39, 0.29) is 5.91 Å². The standard InChI is InChI=1S/C16H15ClN2O/c1-11-2-5-13(6-3-11)19-9-8-16(20)18-14-10-12(17)4-7-15(14)19/h2-7,10H,8-9H2,1H3,(H,18,20). The summed E-state index contributed by atoms with van der Waals surface area (Å²) in [5.74, 6) is 0.0168. The number of carbonyl (C=O) groups is 1. The van der Waals surface area contributed by atoms with E-state index in [4.69, 9.17) is 11.6 Å². The first-order chi connectivity index (χ1) is 9.63. The molecule has 20 heavy (non-hydrogen) atoms. The lowest BCUT2D eigenvalue weighted by Gasteiger charge is -2.24. The van der Waals surface area contributed by atoms with Crippen LogP contribution in [0.5, 0.6) is 0 Å². The molecule has 3 rings (SSSR count). The van der Waals surface area contributed by atoms with Crippen molar-refractivity contribution in [2.24, 2.45) is 0 Å². The number of anilines is 3. The second kappa shape index (κ2) is 5.17. The highest BCUT2D eigenvalue weighted by Gasteiger charge is 2.20. The van der Waals surface area contributed by atoms with Gasteiger partial charge >= 0.3 is 0 Å². The molecular weight excluding hydrogens is 272 g/mol. The second-order valence-electron chi connectivity index (χ2n) is 4.95. The highest BCUT2D eigenvalue weighted by molar-refractivity contribution is 6.31. The Labute approximate surface area is 123 Å². The number of rotatable bonds is 1. The smallest absolute Gasteiger partial charge is 0.226 e. The van der Waals surface area contributed by atoms with E-state index in [1.54, 1.807) is 6.07 Å². The predicted octanol–water partition coefficient (Wildman–Crippen LogP) is 4.13. The van der Waals surface area contributed by atoms with Gasteiger partial charge in [-0.1, -0.05) is 29.3 Å². The lowest BCUT2D eigenvalue weighted by molar-refractivity contribution is -0.115. The highest BCUT2D eigenvalue weighted by atomic mass is 35.5. The van der Waals surface area contributed by atoms with E-state index in [2.05, 4.69) is 41.4 Å². The van der Waals surface area contributed by atoms with Crippen molar-refractivity contribution >= 4 is 34.6 Å². The van der Waals surface area contributed by atoms with E-state index in [1.807, 2.05) is 12.1 Å². The normalized spacial score (nSPS) is 14.5. The predicted molar refractivity (Wildman–Crippen MR) is 82.9 cm³/mol. The van der Waals surface area contributed by atoms with Gasteiger partial charge in [-0.15, -0.1) is 0 Å². The molecule has 0 fully saturated rings. The molecule has 0 atom stereocenters. The van der Waals surface area contributed by atoms with Crippen LogP contribution in [0.15, 0.2) is 42.5 Å². The van der Waals surface area contributed by atoms with E-state index in [0.29, 0.717) is 18.0 Å². The Bertz CT molecular complexity index is 652. The van der Waals surface area contributed by atoms with Crippen LogP contribution >= 0.6 is 11.6 Å². The summed E-state index contributed by atoms with van der Waals surface area (Å²) in [6, 6.07) is 13.9. The molecule has 3 nitrogen and oxygen atoms in total. The third-order valence-corrected chi connectivity index (χ3v) is 3.67. The lowest BCUT2D eigenvalue weighted by atomic mass is 10.2. The van der Waals surface area contributed by atoms with Crippen molar-refractivity contribution in [2.75, 3.05) is 16.8 Å². The Morgan fingerprint density at radius 3 is 2.65 bits per heavy atom. The fourth-order valence-corrected chi connectivity index (χ4v) is 2.56. The Morgan fingerprint density at radius 1 is 1.15 bits per heavy atom. The zero-order valence-electron chi connectivity index (χ0n) is 11.2. The van der Waals surface area contributed by atoms with Gasteiger partial charge in [0.25, 0.3) is 0 Å². The molecule has 2 aromatic carbocycles. The molecule has 0 radical (unpaired) electrons. The number of hydrogen-bond donors (Lipinski definition) is 1. The number of amides is 1. The minimum absolute atomic E-state index is 0.0168. The molecule has 2 aromatic rings. The van der Waals surface area contributed by atoms with Gasteiger partial charge < -0.3 is 10.2 Å². The fourth-order valence-electron chi connectivity index (χ4n) is 2.38. The third-order valence-electron chi connectivity index (χ3n) is 3.43. The van der Waals surface area contributed by atoms with Crippen molar-refractivity contribution in [1.29, 1.82) is 0 Å². The molecule has 1 aliphatic heterocycles. The molecule has 102 valence electrons. The van der Waals surface area contributed by atoms with Gasteiger partial charge in [0.1, 0.15) is 0 Å². The van der Waals surface area contributed by atoms with Crippen LogP contribution in [0.25, 0.3) is 0 Å². The van der Waals surface area contributed by atoms with E-state index < -0.39 is 0 Å². The molecular formula is C16H15ClN2O. The average Bonchev–Trinajstić information content (AvgIpc) is 2.58. The van der Waals surface area contributed by atoms with Gasteiger partial charge in [0.2, 0.25) is 5.91 Å². The molecule has 0 aromatic heterocycles. The number of carbonyl (C=O) groups excluding carboxylic acids is 1. The maximum atomic E-state index is 11.8. The topological polar surface area (TPSA) is 32.3 Å². The summed E-state index contributed by atoms with van der Waals surface area (Å²) in [6.45, 7) is 2.72. The molecule has 0 bridgehead atoms. The summed E-state index contributed by atoms with van der Waals surface area (Å²) < 4.78 is 0. The zero-order chi connectivity index (χ0) is 14.1. The number of halogens is 1. The molecule has 1 aliphatic rings. The quantitative estimate of drug-likeness (QED) is 0.855. The van der Waals surface area contributed by atoms with Gasteiger partial charge in [0.05, 0.1) is 11.4 Å². The first kappa shape index (κ1) is 13.0. The number of nitrogens with zero attached hydrogens (tertiary/aromatic N) is 1. The van der Waals surface area contributed by atoms with Crippen LogP contribution in [-0.2, 0) is 4.79 Å². The first-order valence-electron chi connectivity index (χ1n) is 6.57. The van der Waals surface area contributed by atoms with E-state index >= 15 is 0 Å². The van der Waals surface area contributed by atoms with Crippen LogP contribution in [0.1, 0.15) is 12.0 Å². The van der Waals surface area contributed by atoms with E-state index in [0.717, 1.165) is 17.1 Å². The fraction of sp³-hybridized carbons (Fsp3) is 0.188. The average molecular weight is 287 g/mol. The van der Waals surface area contributed by atoms with Gasteiger partial charge in [-0.25, -0.2) is 0 Å². The van der Waals surface area contributed by atoms with Crippen LogP contribution in [-0.4, -0.2) is 12.5 Å². The van der Waals surface area contributed by atoms with Crippen molar-refractivity contribution in [3.05, 3.63) is 53.1 Å². The summed E-state index contributed by atoms with van der Waals surface area (Å²) in [4.78, 5) is 13.9. The second-order valence-corrected chi connectivity index (χ2v) is 5.38. The maximum absolute atomic E-state index is 11.8. The van der Waals surface area contributed by atoms with Gasteiger partial charge in [-0.2, -0.15) is 0 Å². The van der Waals surface area contributed by atoms with Crippen molar-refractivity contribution in [2.45, 2.75) is 13.3 Å². The zero-order valence-corrected chi connectivity index (χ0v) is 11.9. The first-order valence-corrected chi connectivity index (χ1v) is 6.95. The van der Waals surface area contributed by atoms with Crippen LogP contribution in [0, 0.1) is 6.92 Å². The SMILES string of the molecule is Cc1ccc(N2CCC(=O)Nc3cc(Cl)ccc32)cc1. The van der Waals surface area contributed by atoms with Gasteiger partial charge in [-0.3, -0.25) is 4.79 Å². The molecule has 1 N–H and O–H groups in total. The third kappa shape index (κ3) is 2.49. The molecule has 1 amide bonds. The minimum atomic E-state index is 0.0168. The van der Waals surface area contributed by atoms with Gasteiger partial charge in [0.15, 0.2) is 0 Å². The summed E-state index contributed by atoms with van der Waals surface area (Å²) >= 11 is 6.02. The van der Waals surface area contributed by atoms with Crippen LogP contribution in [0.3, 0.4) is 0 Å². The van der Waals surface area contributed by atoms with Crippen molar-refractivity contribution in [1.82, 2.24) is 0 Å². The van der Waals surface area contributed by atoms with Crippen LogP contribution in [0.2, 0.25) is 5.02 Å². The monoisotopic (exact) mass is 286 g/mol. The van der Waals surface area contributed by atoms with Crippen molar-refractivity contribution < 1.29 is 4.79 Å². The Hall–Kier alpha value is -2.00. The minimum Gasteiger partial charge on any atom is -0.339 e. The van der Waals surface area contributed by atoms with E-state index in [1.165, 1.54) is 5.56 Å². The number of aryl methyl sites for hydroxylation is 1. The number of fused-ring (bicyclic) bond motifs is 1. The van der Waals surface area contributed by atoms with Gasteiger partial charge in [-0.05, 0) is 37.3 Å². The summed E-state index contributed by atoms with van der Waals surface area (Å²) in [5, 5.41) is 3.53. The van der Waals surface area contributed by atoms with Crippen molar-refractivity contribution in [3.63, 3.8) is 0 Å². The summed E-state index contributed by atoms with van der Waals surface area (Å²) in [5.41, 5.74) is 4.04.